The van der Waals surface area contributed by atoms with E-state index in [1.165, 1.54) is 0 Å². The van der Waals surface area contributed by atoms with Gasteiger partial charge in [0.25, 0.3) is 0 Å². The van der Waals surface area contributed by atoms with Gasteiger partial charge in [0, 0.05) is 0 Å². The van der Waals surface area contributed by atoms with Crippen LogP contribution in [0.2, 0.25) is 0 Å². The fourth-order valence-corrected chi connectivity index (χ4v) is 0.0962. The molecule has 0 spiro atoms. The zero-order chi connectivity index (χ0) is 4.99. The molecule has 6 heavy (non-hydrogen) atoms. The van der Waals surface area contributed by atoms with Crippen LogP contribution in [-0.4, -0.2) is 11.1 Å². The molecule has 0 saturated heterocycles. The van der Waals surface area contributed by atoms with E-state index in [9.17, 15) is 4.79 Å². The summed E-state index contributed by atoms with van der Waals surface area (Å²) in [5.41, 5.74) is 0. The molecular weight excluding hydrogens is 144 g/mol. The first-order valence-electron chi connectivity index (χ1n) is 1.90. The number of carbonyl (C=O) groups is 1. The fraction of sp³-hybridized carbons (Fsp3) is 0.750. The number of hydrogen-bond acceptors (Lipinski definition) is 1. The average Bonchev–Trinajstić information content (AvgIpc) is 1.65. The lowest BCUT2D eigenvalue weighted by Crippen LogP contribution is -1.93. The molecular formula is C4H7BrO. The van der Waals surface area contributed by atoms with Gasteiger partial charge in [-0.25, -0.2) is 0 Å². The Morgan fingerprint density at radius 3 is 2.50 bits per heavy atom. The van der Waals surface area contributed by atoms with Crippen LogP contribution in [0.25, 0.3) is 0 Å². The highest BCUT2D eigenvalue weighted by molar-refractivity contribution is 9.09. The van der Waals surface area contributed by atoms with Crippen molar-refractivity contribution in [3.8, 4) is 0 Å². The van der Waals surface area contributed by atoms with Crippen molar-refractivity contribution in [3.05, 3.63) is 0 Å². The molecule has 2 heteroatoms. The molecule has 0 aromatic heterocycles. The standard InChI is InChI=1S/C4H7BrO/c1-2-4(5)3-6/h3-4H,2H2,1H3. The van der Waals surface area contributed by atoms with Crippen LogP contribution >= 0.6 is 15.9 Å². The molecule has 0 aliphatic rings. The van der Waals surface area contributed by atoms with Gasteiger partial charge in [0.15, 0.2) is 0 Å². The fourth-order valence-electron chi connectivity index (χ4n) is 0.0962. The van der Waals surface area contributed by atoms with Crippen molar-refractivity contribution in [1.29, 1.82) is 0 Å². The molecule has 0 saturated carbocycles. The summed E-state index contributed by atoms with van der Waals surface area (Å²) in [6.07, 6.45) is 1.77. The first-order valence-corrected chi connectivity index (χ1v) is 2.82. The monoisotopic (exact) mass is 150 g/mol. The van der Waals surface area contributed by atoms with Gasteiger partial charge in [-0.2, -0.15) is 0 Å². The van der Waals surface area contributed by atoms with Crippen molar-refractivity contribution < 1.29 is 4.79 Å². The summed E-state index contributed by atoms with van der Waals surface area (Å²) >= 11 is 3.11. The van der Waals surface area contributed by atoms with E-state index in [1.54, 1.807) is 0 Å². The molecule has 0 rings (SSSR count). The van der Waals surface area contributed by atoms with Gasteiger partial charge in [0.2, 0.25) is 0 Å². The van der Waals surface area contributed by atoms with E-state index >= 15 is 0 Å². The van der Waals surface area contributed by atoms with Gasteiger partial charge in [-0.05, 0) is 6.42 Å². The van der Waals surface area contributed by atoms with Crippen molar-refractivity contribution in [1.82, 2.24) is 0 Å². The Bertz CT molecular complexity index is 44.8. The summed E-state index contributed by atoms with van der Waals surface area (Å²) in [4.78, 5) is 9.76. The lowest BCUT2D eigenvalue weighted by Gasteiger charge is -1.87. The maximum Gasteiger partial charge on any atom is 0.133 e. The summed E-state index contributed by atoms with van der Waals surface area (Å²) in [5.74, 6) is 0. The molecule has 1 nitrogen and oxygen atoms in total. The zero-order valence-corrected chi connectivity index (χ0v) is 5.23. The Morgan fingerprint density at radius 2 is 2.50 bits per heavy atom. The first kappa shape index (κ1) is 6.15. The van der Waals surface area contributed by atoms with Crippen LogP contribution in [0, 0.1) is 0 Å². The van der Waals surface area contributed by atoms with E-state index < -0.39 is 0 Å². The van der Waals surface area contributed by atoms with Gasteiger partial charge in [0.05, 0.1) is 4.83 Å². The molecule has 0 amide bonds. The van der Waals surface area contributed by atoms with E-state index in [4.69, 9.17) is 0 Å². The van der Waals surface area contributed by atoms with Crippen LogP contribution in [0.4, 0.5) is 0 Å². The second kappa shape index (κ2) is 3.34. The lowest BCUT2D eigenvalue weighted by molar-refractivity contribution is -0.107. The van der Waals surface area contributed by atoms with E-state index in [0.717, 1.165) is 12.7 Å². The van der Waals surface area contributed by atoms with Crippen LogP contribution in [0.3, 0.4) is 0 Å². The van der Waals surface area contributed by atoms with Crippen LogP contribution in [0.5, 0.6) is 0 Å². The second-order valence-corrected chi connectivity index (χ2v) is 2.24. The Labute approximate surface area is 45.9 Å². The Kier molecular flexibility index (Phi) is 3.43. The maximum atomic E-state index is 9.69. The van der Waals surface area contributed by atoms with Crippen molar-refractivity contribution >= 4 is 22.2 Å². The van der Waals surface area contributed by atoms with Crippen LogP contribution in [-0.2, 0) is 4.79 Å². The third kappa shape index (κ3) is 2.39. The number of halogens is 1. The molecule has 0 fully saturated rings. The summed E-state index contributed by atoms with van der Waals surface area (Å²) in [7, 11) is 0. The minimum absolute atomic E-state index is 0.0671. The van der Waals surface area contributed by atoms with E-state index in [0.29, 0.717) is 0 Å². The third-order valence-corrected chi connectivity index (χ3v) is 1.40. The predicted octanol–water partition coefficient (Wildman–Crippen LogP) is 1.36. The molecule has 0 radical (unpaired) electrons. The second-order valence-electron chi connectivity index (χ2n) is 1.06. The SMILES string of the molecule is CCC(Br)C=O. The molecule has 0 N–H and O–H groups in total. The predicted molar refractivity (Wildman–Crippen MR) is 29.1 cm³/mol. The van der Waals surface area contributed by atoms with Gasteiger partial charge < -0.3 is 4.79 Å². The van der Waals surface area contributed by atoms with Crippen LogP contribution in [0.15, 0.2) is 0 Å². The number of carbonyl (C=O) groups excluding carboxylic acids is 1. The first-order chi connectivity index (χ1) is 2.81. The van der Waals surface area contributed by atoms with Crippen LogP contribution in [0.1, 0.15) is 13.3 Å². The zero-order valence-electron chi connectivity index (χ0n) is 3.65. The number of rotatable bonds is 2. The van der Waals surface area contributed by atoms with Gasteiger partial charge in [-0.3, -0.25) is 0 Å². The molecule has 0 heterocycles. The Morgan fingerprint density at radius 1 is 2.00 bits per heavy atom. The van der Waals surface area contributed by atoms with Gasteiger partial charge in [-0.1, -0.05) is 22.9 Å². The molecule has 0 aliphatic carbocycles. The molecule has 1 unspecified atom stereocenters. The topological polar surface area (TPSA) is 17.1 Å². The van der Waals surface area contributed by atoms with Crippen molar-refractivity contribution in [3.63, 3.8) is 0 Å². The molecule has 0 aromatic rings. The minimum Gasteiger partial charge on any atom is -0.302 e. The summed E-state index contributed by atoms with van der Waals surface area (Å²) in [5, 5.41) is 0. The molecule has 36 valence electrons. The average molecular weight is 151 g/mol. The van der Waals surface area contributed by atoms with E-state index in [2.05, 4.69) is 15.9 Å². The number of alkyl halides is 1. The normalized spacial score (nSPS) is 13.7. The highest BCUT2D eigenvalue weighted by Crippen LogP contribution is 1.97. The van der Waals surface area contributed by atoms with Crippen LogP contribution < -0.4 is 0 Å². The molecule has 0 aliphatic heterocycles. The molecule has 0 bridgehead atoms. The maximum absolute atomic E-state index is 9.69. The van der Waals surface area contributed by atoms with Gasteiger partial charge in [0.1, 0.15) is 6.29 Å². The smallest absolute Gasteiger partial charge is 0.133 e. The van der Waals surface area contributed by atoms with E-state index in [1.807, 2.05) is 6.92 Å². The molecule has 0 aromatic carbocycles. The van der Waals surface area contributed by atoms with Gasteiger partial charge >= 0.3 is 0 Å². The van der Waals surface area contributed by atoms with Crippen molar-refractivity contribution in [2.24, 2.45) is 0 Å². The number of hydrogen-bond donors (Lipinski definition) is 0. The van der Waals surface area contributed by atoms with E-state index in [-0.39, 0.29) is 4.83 Å². The number of aldehydes is 1. The summed E-state index contributed by atoms with van der Waals surface area (Å²) in [6.45, 7) is 1.95. The van der Waals surface area contributed by atoms with Gasteiger partial charge in [-0.15, -0.1) is 0 Å². The summed E-state index contributed by atoms with van der Waals surface area (Å²) < 4.78 is 0. The van der Waals surface area contributed by atoms with Crippen molar-refractivity contribution in [2.45, 2.75) is 18.2 Å². The third-order valence-electron chi connectivity index (χ3n) is 0.538. The lowest BCUT2D eigenvalue weighted by atomic mass is 10.4. The Balaban J connectivity index is 2.96. The quantitative estimate of drug-likeness (QED) is 0.430. The highest BCUT2D eigenvalue weighted by atomic mass is 79.9. The Hall–Kier alpha value is 0.150. The summed E-state index contributed by atoms with van der Waals surface area (Å²) in [6, 6.07) is 0. The highest BCUT2D eigenvalue weighted by Gasteiger charge is 1.91. The van der Waals surface area contributed by atoms with Crippen molar-refractivity contribution in [2.75, 3.05) is 0 Å². The largest absolute Gasteiger partial charge is 0.302 e. The molecule has 1 atom stereocenters. The minimum atomic E-state index is 0.0671.